The summed E-state index contributed by atoms with van der Waals surface area (Å²) >= 11 is 0. The smallest absolute Gasteiger partial charge is 0.387 e. The lowest BCUT2D eigenvalue weighted by Gasteiger charge is -2.18. The zero-order valence-corrected chi connectivity index (χ0v) is 15.8. The average molecular weight is 377 g/mol. The summed E-state index contributed by atoms with van der Waals surface area (Å²) in [5.74, 6) is 1.08. The molecule has 7 heteroatoms. The van der Waals surface area contributed by atoms with Crippen molar-refractivity contribution in [2.45, 2.75) is 19.6 Å². The van der Waals surface area contributed by atoms with E-state index in [9.17, 15) is 8.78 Å². The molecule has 2 aromatic carbocycles. The predicted molar refractivity (Wildman–Crippen MR) is 103 cm³/mol. The van der Waals surface area contributed by atoms with Gasteiger partial charge in [0.25, 0.3) is 0 Å². The molecule has 0 unspecified atom stereocenters. The van der Waals surface area contributed by atoms with Crippen LogP contribution in [-0.4, -0.2) is 45.2 Å². The fraction of sp³-hybridized carbons (Fsp3) is 0.350. The van der Waals surface area contributed by atoms with Gasteiger partial charge >= 0.3 is 6.61 Å². The number of alkyl halides is 2. The van der Waals surface area contributed by atoms with Crippen LogP contribution in [0.25, 0.3) is 0 Å². The molecular weight excluding hydrogens is 352 g/mol. The van der Waals surface area contributed by atoms with Gasteiger partial charge in [-0.1, -0.05) is 36.4 Å². The quantitative estimate of drug-likeness (QED) is 0.565. The summed E-state index contributed by atoms with van der Waals surface area (Å²) in [6.45, 7) is -1.71. The Morgan fingerprint density at radius 2 is 1.81 bits per heavy atom. The highest BCUT2D eigenvalue weighted by atomic mass is 19.3. The standard InChI is InChI=1S/C20H25F2N3O2/c1-25(2)20(24-14-16-7-5-4-6-8-16)23-12-11-15-9-10-17(26-3)18(13-15)27-19(21)22/h4-10,13,19H,11-12,14H2,1-3H3,(H,23,24). The lowest BCUT2D eigenvalue weighted by Crippen LogP contribution is -2.37. The van der Waals surface area contributed by atoms with Gasteiger partial charge < -0.3 is 19.7 Å². The average Bonchev–Trinajstić information content (AvgIpc) is 2.64. The van der Waals surface area contributed by atoms with Gasteiger partial charge in [0.2, 0.25) is 0 Å². The van der Waals surface area contributed by atoms with Gasteiger partial charge in [0.15, 0.2) is 17.5 Å². The van der Waals surface area contributed by atoms with Gasteiger partial charge in [0, 0.05) is 20.6 Å². The normalized spacial score (nSPS) is 11.4. The summed E-state index contributed by atoms with van der Waals surface area (Å²) in [6, 6.07) is 15.0. The van der Waals surface area contributed by atoms with Crippen LogP contribution in [0.5, 0.6) is 11.5 Å². The molecule has 0 fully saturated rings. The van der Waals surface area contributed by atoms with Gasteiger partial charge in [-0.2, -0.15) is 8.78 Å². The van der Waals surface area contributed by atoms with Gasteiger partial charge in [-0.05, 0) is 29.7 Å². The number of methoxy groups -OCH3 is 1. The first-order valence-corrected chi connectivity index (χ1v) is 8.61. The summed E-state index contributed by atoms with van der Waals surface area (Å²) in [7, 11) is 5.25. The number of nitrogens with zero attached hydrogens (tertiary/aromatic N) is 2. The Hall–Kier alpha value is -2.83. The highest BCUT2D eigenvalue weighted by Gasteiger charge is 2.11. The van der Waals surface area contributed by atoms with E-state index < -0.39 is 6.61 Å². The van der Waals surface area contributed by atoms with Crippen molar-refractivity contribution >= 4 is 5.96 Å². The van der Waals surface area contributed by atoms with E-state index in [0.717, 1.165) is 17.1 Å². The first-order chi connectivity index (χ1) is 13.0. The molecule has 0 aliphatic heterocycles. The molecule has 0 aliphatic rings. The van der Waals surface area contributed by atoms with E-state index in [1.165, 1.54) is 7.11 Å². The van der Waals surface area contributed by atoms with E-state index in [1.54, 1.807) is 12.1 Å². The SMILES string of the molecule is COc1ccc(CCNC(=NCc2ccccc2)N(C)C)cc1OC(F)F. The second-order valence-corrected chi connectivity index (χ2v) is 6.06. The van der Waals surface area contributed by atoms with E-state index in [4.69, 9.17) is 4.74 Å². The van der Waals surface area contributed by atoms with Crippen molar-refractivity contribution in [1.29, 1.82) is 0 Å². The van der Waals surface area contributed by atoms with Crippen LogP contribution >= 0.6 is 0 Å². The number of nitrogens with one attached hydrogen (secondary N) is 1. The number of ether oxygens (including phenoxy) is 2. The Labute approximate surface area is 158 Å². The summed E-state index contributed by atoms with van der Waals surface area (Å²) in [5, 5.41) is 3.28. The lowest BCUT2D eigenvalue weighted by atomic mass is 10.1. The largest absolute Gasteiger partial charge is 0.493 e. The molecule has 0 atom stereocenters. The zero-order chi connectivity index (χ0) is 19.6. The molecule has 0 heterocycles. The van der Waals surface area contributed by atoms with Crippen molar-refractivity contribution in [2.24, 2.45) is 4.99 Å². The van der Waals surface area contributed by atoms with Crippen molar-refractivity contribution in [2.75, 3.05) is 27.7 Å². The molecule has 0 saturated heterocycles. The maximum Gasteiger partial charge on any atom is 0.387 e. The second-order valence-electron chi connectivity index (χ2n) is 6.06. The van der Waals surface area contributed by atoms with Crippen LogP contribution in [-0.2, 0) is 13.0 Å². The molecular formula is C20H25F2N3O2. The van der Waals surface area contributed by atoms with Crippen LogP contribution < -0.4 is 14.8 Å². The Kier molecular flexibility index (Phi) is 7.85. The monoisotopic (exact) mass is 377 g/mol. The Bertz CT molecular complexity index is 737. The molecule has 0 aliphatic carbocycles. The number of aliphatic imine (C=N–C) groups is 1. The van der Waals surface area contributed by atoms with Crippen LogP contribution in [0.15, 0.2) is 53.5 Å². The van der Waals surface area contributed by atoms with Gasteiger partial charge in [-0.15, -0.1) is 0 Å². The molecule has 1 N–H and O–H groups in total. The third kappa shape index (κ3) is 6.77. The number of halogens is 2. The van der Waals surface area contributed by atoms with Gasteiger partial charge in [-0.3, -0.25) is 0 Å². The van der Waals surface area contributed by atoms with Crippen molar-refractivity contribution in [3.05, 3.63) is 59.7 Å². The minimum Gasteiger partial charge on any atom is -0.493 e. The predicted octanol–water partition coefficient (Wildman–Crippen LogP) is 3.55. The third-order valence-corrected chi connectivity index (χ3v) is 3.82. The summed E-state index contributed by atoms with van der Waals surface area (Å²) < 4.78 is 34.6. The number of benzene rings is 2. The summed E-state index contributed by atoms with van der Waals surface area (Å²) in [5.41, 5.74) is 1.99. The molecule has 27 heavy (non-hydrogen) atoms. The van der Waals surface area contributed by atoms with Crippen molar-refractivity contribution < 1.29 is 18.3 Å². The Morgan fingerprint density at radius 3 is 2.44 bits per heavy atom. The van der Waals surface area contributed by atoms with Gasteiger partial charge in [0.1, 0.15) is 0 Å². The van der Waals surface area contributed by atoms with E-state index in [-0.39, 0.29) is 11.5 Å². The Morgan fingerprint density at radius 1 is 1.07 bits per heavy atom. The first-order valence-electron chi connectivity index (χ1n) is 8.61. The number of hydrogen-bond acceptors (Lipinski definition) is 3. The number of guanidine groups is 1. The second kappa shape index (κ2) is 10.4. The molecule has 0 radical (unpaired) electrons. The minimum absolute atomic E-state index is 0.0376. The molecule has 0 amide bonds. The van der Waals surface area contributed by atoms with Crippen molar-refractivity contribution in [1.82, 2.24) is 10.2 Å². The fourth-order valence-electron chi connectivity index (χ4n) is 2.49. The fourth-order valence-corrected chi connectivity index (χ4v) is 2.49. The van der Waals surface area contributed by atoms with Crippen molar-refractivity contribution in [3.8, 4) is 11.5 Å². The van der Waals surface area contributed by atoms with E-state index in [1.807, 2.05) is 55.4 Å². The zero-order valence-electron chi connectivity index (χ0n) is 15.8. The lowest BCUT2D eigenvalue weighted by molar-refractivity contribution is -0.0512. The highest BCUT2D eigenvalue weighted by molar-refractivity contribution is 5.79. The molecule has 0 spiro atoms. The van der Waals surface area contributed by atoms with Crippen LogP contribution in [0.3, 0.4) is 0 Å². The highest BCUT2D eigenvalue weighted by Crippen LogP contribution is 2.29. The van der Waals surface area contributed by atoms with Crippen LogP contribution in [0, 0.1) is 0 Å². The van der Waals surface area contributed by atoms with Gasteiger partial charge in [0.05, 0.1) is 13.7 Å². The number of rotatable bonds is 8. The van der Waals surface area contributed by atoms with Crippen molar-refractivity contribution in [3.63, 3.8) is 0 Å². The van der Waals surface area contributed by atoms with Gasteiger partial charge in [-0.25, -0.2) is 4.99 Å². The minimum atomic E-state index is -2.89. The first kappa shape index (κ1) is 20.5. The molecule has 0 aromatic heterocycles. The third-order valence-electron chi connectivity index (χ3n) is 3.82. The molecule has 0 saturated carbocycles. The maximum atomic E-state index is 12.5. The molecule has 2 rings (SSSR count). The topological polar surface area (TPSA) is 46.1 Å². The summed E-state index contributed by atoms with van der Waals surface area (Å²) in [6.07, 6.45) is 0.627. The van der Waals surface area contributed by atoms with E-state index in [0.29, 0.717) is 19.5 Å². The summed E-state index contributed by atoms with van der Waals surface area (Å²) in [4.78, 5) is 6.50. The molecule has 5 nitrogen and oxygen atoms in total. The van der Waals surface area contributed by atoms with E-state index >= 15 is 0 Å². The Balaban J connectivity index is 1.96. The molecule has 2 aromatic rings. The molecule has 146 valence electrons. The van der Waals surface area contributed by atoms with Crippen LogP contribution in [0.1, 0.15) is 11.1 Å². The maximum absolute atomic E-state index is 12.5. The van der Waals surface area contributed by atoms with E-state index in [2.05, 4.69) is 15.0 Å². The van der Waals surface area contributed by atoms with Crippen LogP contribution in [0.4, 0.5) is 8.78 Å². The molecule has 0 bridgehead atoms. The van der Waals surface area contributed by atoms with Crippen LogP contribution in [0.2, 0.25) is 0 Å². The number of hydrogen-bond donors (Lipinski definition) is 1.